The first-order chi connectivity index (χ1) is 8.25. The van der Waals surface area contributed by atoms with Crippen molar-refractivity contribution in [3.8, 4) is 0 Å². The monoisotopic (exact) mass is 270 g/mol. The van der Waals surface area contributed by atoms with E-state index in [9.17, 15) is 4.79 Å². The Hall–Kier alpha value is -0.580. The highest BCUT2D eigenvalue weighted by Crippen LogP contribution is 2.29. The molecule has 17 heavy (non-hydrogen) atoms. The summed E-state index contributed by atoms with van der Waals surface area (Å²) in [5, 5.41) is 5.96. The van der Waals surface area contributed by atoms with Gasteiger partial charge in [0.2, 0.25) is 0 Å². The predicted molar refractivity (Wildman–Crippen MR) is 69.7 cm³/mol. The van der Waals surface area contributed by atoms with Crippen LogP contribution in [0.1, 0.15) is 22.5 Å². The Morgan fingerprint density at radius 3 is 3.12 bits per heavy atom. The molecule has 0 aliphatic carbocycles. The highest BCUT2D eigenvalue weighted by atomic mass is 35.5. The molecule has 1 N–H and O–H groups in total. The van der Waals surface area contributed by atoms with Crippen LogP contribution in [0.4, 0.5) is 0 Å². The molecule has 0 spiro atoms. The standard InChI is InChI=1S/C12H15ClN2OS/c13-9-3-5-17-11(9)12(16)15-6-8-2-1-4-14-10(8)7-15/h3,5,8,10,14H,1-2,4,6-7H2. The molecule has 2 atom stereocenters. The van der Waals surface area contributed by atoms with Crippen LogP contribution < -0.4 is 5.32 Å². The molecule has 3 heterocycles. The summed E-state index contributed by atoms with van der Waals surface area (Å²) in [7, 11) is 0. The first-order valence-corrected chi connectivity index (χ1v) is 7.27. The van der Waals surface area contributed by atoms with Gasteiger partial charge in [-0.05, 0) is 36.8 Å². The summed E-state index contributed by atoms with van der Waals surface area (Å²) >= 11 is 7.45. The van der Waals surface area contributed by atoms with Gasteiger partial charge >= 0.3 is 0 Å². The summed E-state index contributed by atoms with van der Waals surface area (Å²) in [6, 6.07) is 2.28. The van der Waals surface area contributed by atoms with Crippen LogP contribution >= 0.6 is 22.9 Å². The number of thiophene rings is 1. The van der Waals surface area contributed by atoms with Crippen LogP contribution in [0.25, 0.3) is 0 Å². The van der Waals surface area contributed by atoms with Gasteiger partial charge in [-0.15, -0.1) is 11.3 Å². The average Bonchev–Trinajstić information content (AvgIpc) is 2.93. The number of carbonyl (C=O) groups is 1. The molecular weight excluding hydrogens is 256 g/mol. The second-order valence-corrected chi connectivity index (χ2v) is 6.09. The number of piperidine rings is 1. The minimum atomic E-state index is 0.0983. The summed E-state index contributed by atoms with van der Waals surface area (Å²) in [4.78, 5) is 14.9. The highest BCUT2D eigenvalue weighted by Gasteiger charge is 2.37. The molecule has 3 nitrogen and oxygen atoms in total. The topological polar surface area (TPSA) is 32.3 Å². The van der Waals surface area contributed by atoms with Crippen LogP contribution in [-0.4, -0.2) is 36.5 Å². The van der Waals surface area contributed by atoms with Gasteiger partial charge in [-0.3, -0.25) is 4.79 Å². The number of halogens is 1. The van der Waals surface area contributed by atoms with E-state index in [2.05, 4.69) is 5.32 Å². The first-order valence-electron chi connectivity index (χ1n) is 6.01. The summed E-state index contributed by atoms with van der Waals surface area (Å²) in [5.74, 6) is 0.729. The summed E-state index contributed by atoms with van der Waals surface area (Å²) in [5.41, 5.74) is 0. The van der Waals surface area contributed by atoms with Crippen molar-refractivity contribution in [3.05, 3.63) is 21.3 Å². The van der Waals surface area contributed by atoms with Gasteiger partial charge in [-0.25, -0.2) is 0 Å². The fraction of sp³-hybridized carbons (Fsp3) is 0.583. The van der Waals surface area contributed by atoms with Gasteiger partial charge in [0, 0.05) is 19.1 Å². The third kappa shape index (κ3) is 2.09. The van der Waals surface area contributed by atoms with Gasteiger partial charge in [0.1, 0.15) is 4.88 Å². The van der Waals surface area contributed by atoms with Crippen molar-refractivity contribution in [1.82, 2.24) is 10.2 Å². The number of nitrogens with zero attached hydrogens (tertiary/aromatic N) is 1. The van der Waals surface area contributed by atoms with E-state index in [0.29, 0.717) is 21.9 Å². The Morgan fingerprint density at radius 1 is 1.53 bits per heavy atom. The van der Waals surface area contributed by atoms with Crippen LogP contribution in [0.3, 0.4) is 0 Å². The Labute approximate surface area is 110 Å². The van der Waals surface area contributed by atoms with Crippen molar-refractivity contribution in [2.24, 2.45) is 5.92 Å². The van der Waals surface area contributed by atoms with Crippen LogP contribution in [-0.2, 0) is 0 Å². The lowest BCUT2D eigenvalue weighted by Crippen LogP contribution is -2.41. The first kappa shape index (κ1) is 11.5. The van der Waals surface area contributed by atoms with E-state index in [1.54, 1.807) is 6.07 Å². The highest BCUT2D eigenvalue weighted by molar-refractivity contribution is 7.12. The van der Waals surface area contributed by atoms with Crippen molar-refractivity contribution >= 4 is 28.8 Å². The van der Waals surface area contributed by atoms with Gasteiger partial charge in [-0.2, -0.15) is 0 Å². The second kappa shape index (κ2) is 4.59. The predicted octanol–water partition coefficient (Wildman–Crippen LogP) is 2.23. The largest absolute Gasteiger partial charge is 0.336 e. The molecule has 1 aromatic heterocycles. The van der Waals surface area contributed by atoms with Crippen LogP contribution in [0.2, 0.25) is 5.02 Å². The SMILES string of the molecule is O=C(c1sccc1Cl)N1CC2CCCNC2C1. The molecule has 2 aliphatic rings. The molecular formula is C12H15ClN2OS. The number of hydrogen-bond acceptors (Lipinski definition) is 3. The number of likely N-dealkylation sites (tertiary alicyclic amines) is 1. The van der Waals surface area contributed by atoms with E-state index in [4.69, 9.17) is 11.6 Å². The molecule has 2 unspecified atom stereocenters. The number of amides is 1. The summed E-state index contributed by atoms with van der Waals surface area (Å²) in [6.07, 6.45) is 2.46. The minimum Gasteiger partial charge on any atom is -0.336 e. The lowest BCUT2D eigenvalue weighted by molar-refractivity contribution is 0.0790. The Balaban J connectivity index is 1.74. The van der Waals surface area contributed by atoms with Gasteiger partial charge in [0.15, 0.2) is 0 Å². The Kier molecular flexibility index (Phi) is 3.11. The third-order valence-corrected chi connectivity index (χ3v) is 5.03. The van der Waals surface area contributed by atoms with E-state index in [0.717, 1.165) is 19.6 Å². The van der Waals surface area contributed by atoms with Gasteiger partial charge in [0.25, 0.3) is 5.91 Å². The molecule has 3 rings (SSSR count). The second-order valence-electron chi connectivity index (χ2n) is 4.77. The molecule has 0 aromatic carbocycles. The van der Waals surface area contributed by atoms with E-state index < -0.39 is 0 Å². The summed E-state index contributed by atoms with van der Waals surface area (Å²) < 4.78 is 0. The van der Waals surface area contributed by atoms with Crippen molar-refractivity contribution in [2.75, 3.05) is 19.6 Å². The van der Waals surface area contributed by atoms with Crippen molar-refractivity contribution in [2.45, 2.75) is 18.9 Å². The molecule has 5 heteroatoms. The molecule has 2 fully saturated rings. The zero-order valence-corrected chi connectivity index (χ0v) is 11.1. The van der Waals surface area contributed by atoms with Crippen molar-refractivity contribution in [3.63, 3.8) is 0 Å². The molecule has 0 radical (unpaired) electrons. The Bertz CT molecular complexity index is 420. The molecule has 0 bridgehead atoms. The third-order valence-electron chi connectivity index (χ3n) is 3.70. The van der Waals surface area contributed by atoms with Gasteiger partial charge in [0.05, 0.1) is 5.02 Å². The molecule has 1 aromatic rings. The minimum absolute atomic E-state index is 0.0983. The molecule has 2 saturated heterocycles. The zero-order chi connectivity index (χ0) is 11.8. The maximum atomic E-state index is 12.3. The average molecular weight is 271 g/mol. The normalized spacial score (nSPS) is 28.2. The lowest BCUT2D eigenvalue weighted by atomic mass is 9.94. The van der Waals surface area contributed by atoms with E-state index in [-0.39, 0.29) is 5.91 Å². The fourth-order valence-electron chi connectivity index (χ4n) is 2.80. The number of nitrogens with one attached hydrogen (secondary N) is 1. The number of carbonyl (C=O) groups excluding carboxylic acids is 1. The van der Waals surface area contributed by atoms with Crippen LogP contribution in [0.5, 0.6) is 0 Å². The number of rotatable bonds is 1. The quantitative estimate of drug-likeness (QED) is 0.849. The maximum absolute atomic E-state index is 12.3. The smallest absolute Gasteiger partial charge is 0.265 e. The molecule has 92 valence electrons. The van der Waals surface area contributed by atoms with Crippen molar-refractivity contribution in [1.29, 1.82) is 0 Å². The summed E-state index contributed by atoms with van der Waals surface area (Å²) in [6.45, 7) is 2.80. The van der Waals surface area contributed by atoms with Crippen molar-refractivity contribution < 1.29 is 4.79 Å². The Morgan fingerprint density at radius 2 is 2.41 bits per heavy atom. The molecule has 2 aliphatic heterocycles. The van der Waals surface area contributed by atoms with E-state index >= 15 is 0 Å². The zero-order valence-electron chi connectivity index (χ0n) is 9.49. The van der Waals surface area contributed by atoms with E-state index in [1.807, 2.05) is 10.3 Å². The van der Waals surface area contributed by atoms with Gasteiger partial charge < -0.3 is 10.2 Å². The number of hydrogen-bond donors (Lipinski definition) is 1. The van der Waals surface area contributed by atoms with Gasteiger partial charge in [-0.1, -0.05) is 11.6 Å². The maximum Gasteiger partial charge on any atom is 0.265 e. The molecule has 1 amide bonds. The van der Waals surface area contributed by atoms with Crippen LogP contribution in [0.15, 0.2) is 11.4 Å². The number of fused-ring (bicyclic) bond motifs is 1. The molecule has 0 saturated carbocycles. The fourth-order valence-corrected chi connectivity index (χ4v) is 3.91. The van der Waals surface area contributed by atoms with Crippen LogP contribution in [0, 0.1) is 5.92 Å². The van der Waals surface area contributed by atoms with E-state index in [1.165, 1.54) is 24.2 Å². The lowest BCUT2D eigenvalue weighted by Gasteiger charge is -2.24.